The third-order valence-corrected chi connectivity index (χ3v) is 7.04. The highest BCUT2D eigenvalue weighted by Gasteiger charge is 2.29. The SMILES string of the molecule is COc1ccccc1N1CCN(CCN(c2ccc(C)cn2)C(O)C2CCCCC2)CC1. The van der Waals surface area contributed by atoms with Gasteiger partial charge in [-0.3, -0.25) is 4.90 Å². The van der Waals surface area contributed by atoms with Crippen LogP contribution >= 0.6 is 0 Å². The van der Waals surface area contributed by atoms with E-state index in [9.17, 15) is 5.11 Å². The van der Waals surface area contributed by atoms with Gasteiger partial charge in [0.25, 0.3) is 0 Å². The van der Waals surface area contributed by atoms with Gasteiger partial charge in [-0.1, -0.05) is 37.5 Å². The molecule has 6 heteroatoms. The summed E-state index contributed by atoms with van der Waals surface area (Å²) in [5.41, 5.74) is 2.32. The molecule has 2 fully saturated rings. The Morgan fingerprint density at radius 1 is 1.06 bits per heavy atom. The quantitative estimate of drug-likeness (QED) is 0.631. The summed E-state index contributed by atoms with van der Waals surface area (Å²) in [5.74, 6) is 2.17. The number of aryl methyl sites for hydroxylation is 1. The van der Waals surface area contributed by atoms with Crippen molar-refractivity contribution >= 4 is 11.5 Å². The number of piperazine rings is 1. The lowest BCUT2D eigenvalue weighted by atomic mass is 9.87. The van der Waals surface area contributed by atoms with Crippen molar-refractivity contribution in [2.75, 3.05) is 56.2 Å². The largest absolute Gasteiger partial charge is 0.495 e. The Morgan fingerprint density at radius 3 is 2.50 bits per heavy atom. The second kappa shape index (κ2) is 11.0. The highest BCUT2D eigenvalue weighted by Crippen LogP contribution is 2.30. The molecule has 1 aliphatic carbocycles. The Balaban J connectivity index is 1.37. The number of anilines is 2. The highest BCUT2D eigenvalue weighted by atomic mass is 16.5. The maximum atomic E-state index is 11.3. The first-order valence-electron chi connectivity index (χ1n) is 12.1. The zero-order valence-corrected chi connectivity index (χ0v) is 19.6. The number of aromatic nitrogens is 1. The average molecular weight is 439 g/mol. The molecule has 2 aliphatic rings. The minimum absolute atomic E-state index is 0.342. The van der Waals surface area contributed by atoms with Gasteiger partial charge in [-0.2, -0.15) is 0 Å². The molecule has 174 valence electrons. The van der Waals surface area contributed by atoms with Crippen LogP contribution < -0.4 is 14.5 Å². The number of para-hydroxylation sites is 2. The van der Waals surface area contributed by atoms with E-state index in [1.165, 1.54) is 24.9 Å². The Hall–Kier alpha value is -2.31. The van der Waals surface area contributed by atoms with Crippen LogP contribution in [0.5, 0.6) is 5.75 Å². The molecule has 1 atom stereocenters. The Morgan fingerprint density at radius 2 is 1.81 bits per heavy atom. The summed E-state index contributed by atoms with van der Waals surface area (Å²) in [4.78, 5) is 11.7. The number of nitrogens with zero attached hydrogens (tertiary/aromatic N) is 4. The van der Waals surface area contributed by atoms with Crippen molar-refractivity contribution in [2.24, 2.45) is 5.92 Å². The molecule has 1 aromatic heterocycles. The fraction of sp³-hybridized carbons (Fsp3) is 0.577. The predicted molar refractivity (Wildman–Crippen MR) is 131 cm³/mol. The van der Waals surface area contributed by atoms with E-state index in [0.29, 0.717) is 5.92 Å². The van der Waals surface area contributed by atoms with E-state index in [1.807, 2.05) is 18.3 Å². The van der Waals surface area contributed by atoms with Crippen LogP contribution in [0.25, 0.3) is 0 Å². The van der Waals surface area contributed by atoms with Crippen LogP contribution in [0, 0.1) is 12.8 Å². The van der Waals surface area contributed by atoms with Crippen molar-refractivity contribution < 1.29 is 9.84 Å². The van der Waals surface area contributed by atoms with Crippen molar-refractivity contribution in [2.45, 2.75) is 45.3 Å². The number of hydrogen-bond donors (Lipinski definition) is 1. The first kappa shape index (κ1) is 22.9. The van der Waals surface area contributed by atoms with Gasteiger partial charge < -0.3 is 19.6 Å². The first-order valence-corrected chi connectivity index (χ1v) is 12.1. The monoisotopic (exact) mass is 438 g/mol. The molecule has 6 nitrogen and oxygen atoms in total. The summed E-state index contributed by atoms with van der Waals surface area (Å²) in [6.45, 7) is 7.75. The van der Waals surface area contributed by atoms with E-state index in [2.05, 4.69) is 50.9 Å². The maximum Gasteiger partial charge on any atom is 0.142 e. The second-order valence-electron chi connectivity index (χ2n) is 9.20. The summed E-state index contributed by atoms with van der Waals surface area (Å²) < 4.78 is 5.55. The fourth-order valence-electron chi connectivity index (χ4n) is 5.05. The Bertz CT molecular complexity index is 830. The lowest BCUT2D eigenvalue weighted by Gasteiger charge is -2.40. The summed E-state index contributed by atoms with van der Waals surface area (Å²) in [6.07, 6.45) is 7.41. The van der Waals surface area contributed by atoms with Gasteiger partial charge in [-0.05, 0) is 43.5 Å². The van der Waals surface area contributed by atoms with Crippen LogP contribution in [-0.2, 0) is 0 Å². The highest BCUT2D eigenvalue weighted by molar-refractivity contribution is 5.58. The van der Waals surface area contributed by atoms with Crippen LogP contribution in [0.4, 0.5) is 11.5 Å². The number of hydrogen-bond acceptors (Lipinski definition) is 6. The van der Waals surface area contributed by atoms with E-state index in [4.69, 9.17) is 4.74 Å². The predicted octanol–water partition coefficient (Wildman–Crippen LogP) is 3.93. The smallest absolute Gasteiger partial charge is 0.142 e. The molecule has 1 unspecified atom stereocenters. The van der Waals surface area contributed by atoms with E-state index in [-0.39, 0.29) is 0 Å². The molecule has 1 aliphatic heterocycles. The van der Waals surface area contributed by atoms with Gasteiger partial charge in [0.05, 0.1) is 12.8 Å². The summed E-state index contributed by atoms with van der Waals surface area (Å²) in [5, 5.41) is 11.3. The third-order valence-electron chi connectivity index (χ3n) is 7.04. The van der Waals surface area contributed by atoms with Gasteiger partial charge in [-0.25, -0.2) is 4.98 Å². The van der Waals surface area contributed by atoms with E-state index >= 15 is 0 Å². The molecule has 4 rings (SSSR count). The molecule has 1 saturated heterocycles. The topological polar surface area (TPSA) is 52.1 Å². The molecule has 2 aromatic rings. The number of methoxy groups -OCH3 is 1. The first-order chi connectivity index (χ1) is 15.7. The van der Waals surface area contributed by atoms with E-state index in [0.717, 1.165) is 69.2 Å². The number of ether oxygens (including phenoxy) is 1. The minimum atomic E-state index is -0.458. The maximum absolute atomic E-state index is 11.3. The van der Waals surface area contributed by atoms with Gasteiger partial charge in [0.1, 0.15) is 17.8 Å². The number of pyridine rings is 1. The second-order valence-corrected chi connectivity index (χ2v) is 9.20. The molecule has 32 heavy (non-hydrogen) atoms. The van der Waals surface area contributed by atoms with Crippen LogP contribution in [0.15, 0.2) is 42.6 Å². The Labute approximate surface area is 192 Å². The van der Waals surface area contributed by atoms with Crippen LogP contribution in [0.2, 0.25) is 0 Å². The van der Waals surface area contributed by atoms with Crippen molar-refractivity contribution in [1.82, 2.24) is 9.88 Å². The third kappa shape index (κ3) is 5.54. The van der Waals surface area contributed by atoms with Crippen molar-refractivity contribution in [3.05, 3.63) is 48.2 Å². The molecule has 0 amide bonds. The molecule has 2 heterocycles. The van der Waals surface area contributed by atoms with Gasteiger partial charge in [0.2, 0.25) is 0 Å². The number of benzene rings is 1. The van der Waals surface area contributed by atoms with Crippen molar-refractivity contribution in [1.29, 1.82) is 0 Å². The number of rotatable bonds is 8. The molecular weight excluding hydrogens is 400 g/mol. The van der Waals surface area contributed by atoms with Gasteiger partial charge >= 0.3 is 0 Å². The molecular formula is C26H38N4O2. The summed E-state index contributed by atoms with van der Waals surface area (Å²) in [6, 6.07) is 12.4. The lowest BCUT2D eigenvalue weighted by Crippen LogP contribution is -2.50. The van der Waals surface area contributed by atoms with Crippen molar-refractivity contribution in [3.8, 4) is 5.75 Å². The average Bonchev–Trinajstić information content (AvgIpc) is 2.86. The zero-order chi connectivity index (χ0) is 22.3. The molecule has 1 saturated carbocycles. The minimum Gasteiger partial charge on any atom is -0.495 e. The molecule has 0 spiro atoms. The molecule has 1 aromatic carbocycles. The molecule has 0 radical (unpaired) electrons. The zero-order valence-electron chi connectivity index (χ0n) is 19.6. The lowest BCUT2D eigenvalue weighted by molar-refractivity contribution is 0.0778. The normalized spacial score (nSPS) is 19.0. The summed E-state index contributed by atoms with van der Waals surface area (Å²) >= 11 is 0. The number of aliphatic hydroxyl groups excluding tert-OH is 1. The molecule has 1 N–H and O–H groups in total. The van der Waals surface area contributed by atoms with E-state index in [1.54, 1.807) is 7.11 Å². The Kier molecular flexibility index (Phi) is 7.87. The number of aliphatic hydroxyl groups is 1. The van der Waals surface area contributed by atoms with E-state index < -0.39 is 6.23 Å². The molecule has 0 bridgehead atoms. The van der Waals surface area contributed by atoms with Crippen molar-refractivity contribution in [3.63, 3.8) is 0 Å². The van der Waals surface area contributed by atoms with Crippen LogP contribution in [-0.4, -0.2) is 67.6 Å². The fourth-order valence-corrected chi connectivity index (χ4v) is 5.05. The van der Waals surface area contributed by atoms with Gasteiger partial charge in [0.15, 0.2) is 0 Å². The van der Waals surface area contributed by atoms with Crippen LogP contribution in [0.3, 0.4) is 0 Å². The van der Waals surface area contributed by atoms with Gasteiger partial charge in [-0.15, -0.1) is 0 Å². The van der Waals surface area contributed by atoms with Crippen LogP contribution in [0.1, 0.15) is 37.7 Å². The summed E-state index contributed by atoms with van der Waals surface area (Å²) in [7, 11) is 1.74. The van der Waals surface area contributed by atoms with Gasteiger partial charge in [0, 0.05) is 51.4 Å². The standard InChI is InChI=1S/C26H38N4O2/c1-21-12-13-25(27-20-21)30(26(31)22-8-4-3-5-9-22)19-16-28-14-17-29(18-15-28)23-10-6-7-11-24(23)32-2/h6-7,10-13,20,22,26,31H,3-5,8-9,14-19H2,1-2H3.